The van der Waals surface area contributed by atoms with Crippen LogP contribution >= 0.6 is 0 Å². The maximum absolute atomic E-state index is 13.3. The molecule has 0 N–H and O–H groups in total. The molecule has 12 nitrogen and oxygen atoms in total. The van der Waals surface area contributed by atoms with E-state index >= 15 is 0 Å². The number of nitrogens with zero attached hydrogens (tertiary/aromatic N) is 2. The third kappa shape index (κ3) is 8.23. The first kappa shape index (κ1) is 32.9. The topological polar surface area (TPSA) is 157 Å². The highest BCUT2D eigenvalue weighted by Crippen LogP contribution is 2.42. The van der Waals surface area contributed by atoms with E-state index in [0.717, 1.165) is 16.7 Å². The number of hydrogen-bond acceptors (Lipinski definition) is 10. The zero-order chi connectivity index (χ0) is 33.3. The number of nitro benzene ring substituents is 2. The molecule has 4 atom stereocenters. The highest BCUT2D eigenvalue weighted by atomic mass is 16.7. The van der Waals surface area contributed by atoms with Crippen molar-refractivity contribution in [2.75, 3.05) is 19.8 Å². The van der Waals surface area contributed by atoms with Crippen molar-refractivity contribution in [3.8, 4) is 0 Å². The molecular weight excluding hydrogens is 608 g/mol. The van der Waals surface area contributed by atoms with E-state index in [1.165, 1.54) is 48.5 Å². The Morgan fingerprint density at radius 1 is 0.766 bits per heavy atom. The lowest BCUT2D eigenvalue weighted by molar-refractivity contribution is -0.385. The lowest BCUT2D eigenvalue weighted by Gasteiger charge is -2.42. The molecule has 1 saturated heterocycles. The van der Waals surface area contributed by atoms with Crippen LogP contribution in [0.25, 0.3) is 0 Å². The van der Waals surface area contributed by atoms with Gasteiger partial charge in [-0.15, -0.1) is 0 Å². The summed E-state index contributed by atoms with van der Waals surface area (Å²) in [6.07, 6.45) is -1.05. The van der Waals surface area contributed by atoms with Gasteiger partial charge in [0.05, 0.1) is 53.3 Å². The van der Waals surface area contributed by atoms with Gasteiger partial charge in [0, 0.05) is 36.1 Å². The molecule has 1 heterocycles. The second kappa shape index (κ2) is 15.2. The van der Waals surface area contributed by atoms with Crippen LogP contribution in [0, 0.1) is 39.0 Å². The SMILES string of the molecule is Cc1ccccc1C1C(OC(=O)c2ccc([N+](=O)[O-])cc2)OCC(COC(=O)c2ccc([N+](=O)[O-])cc2)C1COCc1ccccc1. The number of hydrogen-bond donors (Lipinski definition) is 0. The number of non-ortho nitro benzene ring substituents is 2. The molecule has 0 aliphatic carbocycles. The van der Waals surface area contributed by atoms with Gasteiger partial charge in [-0.2, -0.15) is 0 Å². The van der Waals surface area contributed by atoms with Crippen molar-refractivity contribution in [1.82, 2.24) is 0 Å². The average molecular weight is 641 g/mol. The number of rotatable bonds is 12. The maximum Gasteiger partial charge on any atom is 0.340 e. The van der Waals surface area contributed by atoms with E-state index in [1.54, 1.807) is 0 Å². The fraction of sp³-hybridized carbons (Fsp3) is 0.257. The number of carbonyl (C=O) groups is 2. The van der Waals surface area contributed by atoms with Crippen molar-refractivity contribution in [1.29, 1.82) is 0 Å². The first-order valence-electron chi connectivity index (χ1n) is 14.9. The monoisotopic (exact) mass is 640 g/mol. The second-order valence-corrected chi connectivity index (χ2v) is 11.1. The minimum Gasteiger partial charge on any atom is -0.462 e. The van der Waals surface area contributed by atoms with Crippen LogP contribution in [-0.4, -0.2) is 47.9 Å². The smallest absolute Gasteiger partial charge is 0.340 e. The van der Waals surface area contributed by atoms with Gasteiger partial charge in [-0.25, -0.2) is 9.59 Å². The zero-order valence-corrected chi connectivity index (χ0v) is 25.4. The van der Waals surface area contributed by atoms with Gasteiger partial charge in [-0.05, 0) is 47.9 Å². The first-order chi connectivity index (χ1) is 22.7. The number of ether oxygens (including phenoxy) is 4. The molecule has 4 unspecified atom stereocenters. The quantitative estimate of drug-likeness (QED) is 0.0962. The van der Waals surface area contributed by atoms with Gasteiger partial charge in [0.2, 0.25) is 6.29 Å². The fourth-order valence-electron chi connectivity index (χ4n) is 5.56. The van der Waals surface area contributed by atoms with Crippen LogP contribution in [0.3, 0.4) is 0 Å². The van der Waals surface area contributed by atoms with Crippen LogP contribution in [-0.2, 0) is 25.6 Å². The Labute approximate surface area is 270 Å². The van der Waals surface area contributed by atoms with Gasteiger partial charge >= 0.3 is 11.9 Å². The van der Waals surface area contributed by atoms with Crippen LogP contribution < -0.4 is 0 Å². The summed E-state index contributed by atoms with van der Waals surface area (Å²) in [5.74, 6) is -2.64. The highest BCUT2D eigenvalue weighted by molar-refractivity contribution is 5.90. The van der Waals surface area contributed by atoms with Crippen LogP contribution in [0.15, 0.2) is 103 Å². The molecule has 1 aliphatic rings. The molecule has 0 bridgehead atoms. The molecule has 0 amide bonds. The van der Waals surface area contributed by atoms with Crippen LogP contribution in [0.5, 0.6) is 0 Å². The van der Waals surface area contributed by atoms with Crippen LogP contribution in [0.2, 0.25) is 0 Å². The van der Waals surface area contributed by atoms with E-state index in [1.807, 2.05) is 61.5 Å². The molecule has 0 aromatic heterocycles. The zero-order valence-electron chi connectivity index (χ0n) is 25.4. The Kier molecular flexibility index (Phi) is 10.7. The number of aryl methyl sites for hydroxylation is 1. The van der Waals surface area contributed by atoms with Crippen molar-refractivity contribution >= 4 is 23.3 Å². The number of benzene rings is 4. The van der Waals surface area contributed by atoms with Crippen LogP contribution in [0.1, 0.15) is 43.3 Å². The summed E-state index contributed by atoms with van der Waals surface area (Å²) in [4.78, 5) is 47.2. The lowest BCUT2D eigenvalue weighted by Crippen LogP contribution is -2.46. The van der Waals surface area contributed by atoms with Gasteiger partial charge in [0.1, 0.15) is 0 Å². The molecule has 47 heavy (non-hydrogen) atoms. The third-order valence-corrected chi connectivity index (χ3v) is 8.08. The Balaban J connectivity index is 1.40. The van der Waals surface area contributed by atoms with Gasteiger partial charge in [-0.3, -0.25) is 20.2 Å². The van der Waals surface area contributed by atoms with E-state index in [-0.39, 0.29) is 54.2 Å². The number of carbonyl (C=O) groups excluding carboxylic acids is 2. The van der Waals surface area contributed by atoms with E-state index in [9.17, 15) is 29.8 Å². The Morgan fingerprint density at radius 3 is 1.94 bits per heavy atom. The summed E-state index contributed by atoms with van der Waals surface area (Å²) in [5.41, 5.74) is 2.73. The lowest BCUT2D eigenvalue weighted by atomic mass is 9.75. The molecule has 4 aromatic rings. The third-order valence-electron chi connectivity index (χ3n) is 8.08. The Bertz CT molecular complexity index is 1710. The molecule has 1 aliphatic heterocycles. The van der Waals surface area contributed by atoms with E-state index < -0.39 is 34.0 Å². The van der Waals surface area contributed by atoms with Crippen molar-refractivity contribution < 1.29 is 38.4 Å². The van der Waals surface area contributed by atoms with Gasteiger partial charge in [-0.1, -0.05) is 54.6 Å². The molecule has 242 valence electrons. The maximum atomic E-state index is 13.3. The molecule has 0 spiro atoms. The average Bonchev–Trinajstić information content (AvgIpc) is 3.08. The fourth-order valence-corrected chi connectivity index (χ4v) is 5.56. The molecule has 0 saturated carbocycles. The highest BCUT2D eigenvalue weighted by Gasteiger charge is 2.44. The number of nitro groups is 2. The summed E-state index contributed by atoms with van der Waals surface area (Å²) in [6, 6.07) is 27.5. The summed E-state index contributed by atoms with van der Waals surface area (Å²) >= 11 is 0. The van der Waals surface area contributed by atoms with Crippen LogP contribution in [0.4, 0.5) is 11.4 Å². The van der Waals surface area contributed by atoms with E-state index in [0.29, 0.717) is 6.61 Å². The van der Waals surface area contributed by atoms with Crippen molar-refractivity contribution in [3.63, 3.8) is 0 Å². The van der Waals surface area contributed by atoms with Gasteiger partial charge in [0.25, 0.3) is 11.4 Å². The van der Waals surface area contributed by atoms with Crippen molar-refractivity contribution in [2.45, 2.75) is 25.7 Å². The summed E-state index contributed by atoms with van der Waals surface area (Å²) in [7, 11) is 0. The summed E-state index contributed by atoms with van der Waals surface area (Å²) < 4.78 is 24.0. The molecule has 4 aromatic carbocycles. The minimum absolute atomic E-state index is 0.0550. The molecular formula is C35H32N2O10. The summed E-state index contributed by atoms with van der Waals surface area (Å²) in [6.45, 7) is 2.47. The van der Waals surface area contributed by atoms with Gasteiger partial charge in [0.15, 0.2) is 0 Å². The summed E-state index contributed by atoms with van der Waals surface area (Å²) in [5, 5.41) is 22.1. The Morgan fingerprint density at radius 2 is 1.34 bits per heavy atom. The second-order valence-electron chi connectivity index (χ2n) is 11.1. The largest absolute Gasteiger partial charge is 0.462 e. The molecule has 12 heteroatoms. The van der Waals surface area contributed by atoms with Crippen molar-refractivity contribution in [2.24, 2.45) is 11.8 Å². The predicted octanol–water partition coefficient (Wildman–Crippen LogP) is 6.41. The predicted molar refractivity (Wildman–Crippen MR) is 169 cm³/mol. The molecule has 0 radical (unpaired) electrons. The molecule has 5 rings (SSSR count). The normalized spacial score (nSPS) is 19.0. The first-order valence-corrected chi connectivity index (χ1v) is 14.9. The van der Waals surface area contributed by atoms with E-state index in [4.69, 9.17) is 18.9 Å². The number of esters is 2. The van der Waals surface area contributed by atoms with E-state index in [2.05, 4.69) is 0 Å². The molecule has 1 fully saturated rings. The Hall–Kier alpha value is -5.46. The minimum atomic E-state index is -1.05. The van der Waals surface area contributed by atoms with Crippen molar-refractivity contribution in [3.05, 3.63) is 151 Å². The van der Waals surface area contributed by atoms with Gasteiger partial charge < -0.3 is 18.9 Å². The standard InChI is InChI=1S/C35H32N2O10/c1-23-7-5-6-10-30(23)32-31(22-44-19-24-8-3-2-4-9-24)27(20-45-33(38)25-11-15-28(16-12-25)36(40)41)21-46-35(32)47-34(39)26-13-17-29(18-14-26)37(42)43/h2-18,27,31-32,35H,19-22H2,1H3.